The zero-order valence-electron chi connectivity index (χ0n) is 17.1. The van der Waals surface area contributed by atoms with E-state index in [2.05, 4.69) is 25.3 Å². The fourth-order valence-corrected chi connectivity index (χ4v) is 3.62. The number of nitrogens with zero attached hydrogens (tertiary/aromatic N) is 5. The van der Waals surface area contributed by atoms with E-state index in [4.69, 9.17) is 0 Å². The lowest BCUT2D eigenvalue weighted by Crippen LogP contribution is -2.40. The van der Waals surface area contributed by atoms with Gasteiger partial charge in [-0.3, -0.25) is 4.79 Å². The lowest BCUT2D eigenvalue weighted by atomic mass is 9.96. The molecule has 1 fully saturated rings. The average molecular weight is 470 g/mol. The van der Waals surface area contributed by atoms with Crippen molar-refractivity contribution in [3.63, 3.8) is 0 Å². The molecular weight excluding hydrogens is 451 g/mol. The van der Waals surface area contributed by atoms with Crippen molar-refractivity contribution in [1.29, 1.82) is 0 Å². The van der Waals surface area contributed by atoms with Crippen LogP contribution in [0.15, 0.2) is 36.4 Å². The van der Waals surface area contributed by atoms with E-state index in [1.807, 2.05) is 4.90 Å². The molecule has 176 valence electrons. The quantitative estimate of drug-likeness (QED) is 0.557. The summed E-state index contributed by atoms with van der Waals surface area (Å²) < 4.78 is 68.6. The number of rotatable bonds is 6. The number of aromatic nitrogens is 4. The normalized spacial score (nSPS) is 15.3. The summed E-state index contributed by atoms with van der Waals surface area (Å²) in [7, 11) is 0. The molecule has 13 heteroatoms. The second-order valence-electron chi connectivity index (χ2n) is 7.48. The van der Waals surface area contributed by atoms with Crippen LogP contribution in [0.5, 0.6) is 5.75 Å². The number of benzene rings is 1. The van der Waals surface area contributed by atoms with Gasteiger partial charge in [0.2, 0.25) is 5.91 Å². The summed E-state index contributed by atoms with van der Waals surface area (Å²) in [5.74, 6) is -1.22. The van der Waals surface area contributed by atoms with E-state index >= 15 is 0 Å². The molecule has 1 amide bonds. The molecule has 3 heterocycles. The summed E-state index contributed by atoms with van der Waals surface area (Å²) >= 11 is 0. The van der Waals surface area contributed by atoms with Crippen LogP contribution in [0.2, 0.25) is 0 Å². The molecule has 1 aromatic carbocycles. The highest BCUT2D eigenvalue weighted by atomic mass is 19.4. The number of nitrogens with one attached hydrogen (secondary N) is 1. The van der Waals surface area contributed by atoms with Crippen LogP contribution in [-0.4, -0.2) is 45.4 Å². The Kier molecular flexibility index (Phi) is 6.29. The van der Waals surface area contributed by atoms with Gasteiger partial charge in [0.05, 0.1) is 0 Å². The molecule has 3 aromatic rings. The van der Waals surface area contributed by atoms with Crippen LogP contribution < -0.4 is 15.0 Å². The van der Waals surface area contributed by atoms with Crippen LogP contribution in [0.3, 0.4) is 0 Å². The first-order valence-electron chi connectivity index (χ1n) is 10.1. The number of carbonyl (C=O) groups excluding carboxylic acids is 1. The first-order chi connectivity index (χ1) is 15.7. The maximum atomic E-state index is 13.1. The number of hydrogen-bond acceptors (Lipinski definition) is 6. The molecule has 0 radical (unpaired) electrons. The number of amides is 1. The zero-order chi connectivity index (χ0) is 23.6. The first-order valence-corrected chi connectivity index (χ1v) is 10.1. The minimum atomic E-state index is -4.67. The van der Waals surface area contributed by atoms with Gasteiger partial charge in [-0.05, 0) is 42.7 Å². The molecule has 8 nitrogen and oxygen atoms in total. The van der Waals surface area contributed by atoms with Crippen molar-refractivity contribution in [2.75, 3.05) is 18.0 Å². The Labute approximate surface area is 184 Å². The van der Waals surface area contributed by atoms with Gasteiger partial charge in [-0.2, -0.15) is 26.5 Å². The van der Waals surface area contributed by atoms with Gasteiger partial charge in [0.15, 0.2) is 5.65 Å². The van der Waals surface area contributed by atoms with Gasteiger partial charge in [0.25, 0.3) is 5.82 Å². The summed E-state index contributed by atoms with van der Waals surface area (Å²) in [5.41, 5.74) is 0.725. The third-order valence-electron chi connectivity index (χ3n) is 5.31. The van der Waals surface area contributed by atoms with Gasteiger partial charge in [-0.15, -0.1) is 15.3 Å². The number of piperidine rings is 1. The Morgan fingerprint density at radius 2 is 1.79 bits per heavy atom. The van der Waals surface area contributed by atoms with Gasteiger partial charge in [0.1, 0.15) is 11.6 Å². The second-order valence-corrected chi connectivity index (χ2v) is 7.48. The standard InChI is InChI=1S/C20H19F5N6O2/c21-19(22)33-14-3-1-12(2-4-14)11-26-17(32)13-7-9-30(10-8-13)16-6-5-15-27-28-18(20(23,24)25)31(15)29-16/h1-6,13,19H,7-11H2,(H,26,32). The van der Waals surface area contributed by atoms with E-state index in [1.54, 1.807) is 18.2 Å². The maximum Gasteiger partial charge on any atom is 0.453 e. The summed E-state index contributed by atoms with van der Waals surface area (Å²) in [5, 5.41) is 13.5. The predicted molar refractivity (Wildman–Crippen MR) is 106 cm³/mol. The molecule has 0 saturated carbocycles. The summed E-state index contributed by atoms with van der Waals surface area (Å²) in [6.45, 7) is -1.78. The highest BCUT2D eigenvalue weighted by molar-refractivity contribution is 5.79. The minimum Gasteiger partial charge on any atom is -0.435 e. The molecule has 4 rings (SSSR count). The van der Waals surface area contributed by atoms with Crippen LogP contribution in [-0.2, 0) is 17.5 Å². The Balaban J connectivity index is 1.31. The van der Waals surface area contributed by atoms with Crippen molar-refractivity contribution in [3.05, 3.63) is 47.8 Å². The van der Waals surface area contributed by atoms with E-state index in [0.717, 1.165) is 5.56 Å². The van der Waals surface area contributed by atoms with Gasteiger partial charge in [-0.1, -0.05) is 12.1 Å². The molecular formula is C20H19F5N6O2. The molecule has 1 saturated heterocycles. The minimum absolute atomic E-state index is 0.00543. The van der Waals surface area contributed by atoms with Crippen LogP contribution in [0.1, 0.15) is 24.2 Å². The highest BCUT2D eigenvalue weighted by Crippen LogP contribution is 2.28. The van der Waals surface area contributed by atoms with Gasteiger partial charge < -0.3 is 15.0 Å². The van der Waals surface area contributed by atoms with Crippen LogP contribution in [0.4, 0.5) is 27.8 Å². The smallest absolute Gasteiger partial charge is 0.435 e. The number of carbonyl (C=O) groups is 1. The molecule has 2 aromatic heterocycles. The van der Waals surface area contributed by atoms with E-state index in [1.165, 1.54) is 18.2 Å². The third-order valence-corrected chi connectivity index (χ3v) is 5.31. The number of ether oxygens (including phenoxy) is 1. The van der Waals surface area contributed by atoms with Crippen molar-refractivity contribution < 1.29 is 31.5 Å². The second kappa shape index (κ2) is 9.16. The Morgan fingerprint density at radius 3 is 2.42 bits per heavy atom. The third kappa shape index (κ3) is 5.29. The van der Waals surface area contributed by atoms with Crippen molar-refractivity contribution in [2.45, 2.75) is 32.2 Å². The SMILES string of the molecule is O=C(NCc1ccc(OC(F)F)cc1)C1CCN(c2ccc3nnc(C(F)(F)F)n3n2)CC1. The largest absolute Gasteiger partial charge is 0.453 e. The summed E-state index contributed by atoms with van der Waals surface area (Å²) in [6, 6.07) is 8.96. The van der Waals surface area contributed by atoms with Gasteiger partial charge in [-0.25, -0.2) is 0 Å². The molecule has 0 unspecified atom stereocenters. The molecule has 0 spiro atoms. The van der Waals surface area contributed by atoms with Gasteiger partial charge >= 0.3 is 12.8 Å². The molecule has 0 atom stereocenters. The number of hydrogen-bond donors (Lipinski definition) is 1. The molecule has 33 heavy (non-hydrogen) atoms. The average Bonchev–Trinajstić information content (AvgIpc) is 3.22. The Hall–Kier alpha value is -3.51. The Morgan fingerprint density at radius 1 is 1.09 bits per heavy atom. The number of alkyl halides is 5. The van der Waals surface area contributed by atoms with E-state index < -0.39 is 18.6 Å². The highest BCUT2D eigenvalue weighted by Gasteiger charge is 2.38. The lowest BCUT2D eigenvalue weighted by Gasteiger charge is -2.32. The monoisotopic (exact) mass is 470 g/mol. The maximum absolute atomic E-state index is 13.1. The molecule has 1 aliphatic heterocycles. The fraction of sp³-hybridized carbons (Fsp3) is 0.400. The van der Waals surface area contributed by atoms with Crippen molar-refractivity contribution in [3.8, 4) is 5.75 Å². The van der Waals surface area contributed by atoms with Crippen LogP contribution in [0.25, 0.3) is 5.65 Å². The first kappa shape index (κ1) is 22.7. The van der Waals surface area contributed by atoms with Crippen molar-refractivity contribution in [2.24, 2.45) is 5.92 Å². The predicted octanol–water partition coefficient (Wildman–Crippen LogP) is 3.28. The van der Waals surface area contributed by atoms with E-state index in [-0.39, 0.29) is 29.8 Å². The summed E-state index contributed by atoms with van der Waals surface area (Å²) in [6.07, 6.45) is -3.67. The Bertz CT molecular complexity index is 1110. The van der Waals surface area contributed by atoms with Crippen LogP contribution >= 0.6 is 0 Å². The molecule has 1 N–H and O–H groups in total. The molecule has 0 aliphatic carbocycles. The number of halogens is 5. The van der Waals surface area contributed by atoms with Crippen molar-refractivity contribution in [1.82, 2.24) is 25.1 Å². The summed E-state index contributed by atoms with van der Waals surface area (Å²) in [4.78, 5) is 14.3. The van der Waals surface area contributed by atoms with E-state index in [9.17, 15) is 26.7 Å². The fourth-order valence-electron chi connectivity index (χ4n) is 3.62. The zero-order valence-corrected chi connectivity index (χ0v) is 17.1. The molecule has 1 aliphatic rings. The van der Waals surface area contributed by atoms with E-state index in [0.29, 0.717) is 36.3 Å². The van der Waals surface area contributed by atoms with Gasteiger partial charge in [0, 0.05) is 25.6 Å². The number of fused-ring (bicyclic) bond motifs is 1. The molecule has 0 bridgehead atoms. The topological polar surface area (TPSA) is 84.6 Å². The lowest BCUT2D eigenvalue weighted by molar-refractivity contribution is -0.146. The van der Waals surface area contributed by atoms with Crippen molar-refractivity contribution >= 4 is 17.4 Å². The number of anilines is 1. The van der Waals surface area contributed by atoms with Crippen LogP contribution in [0, 0.1) is 5.92 Å².